The Morgan fingerprint density at radius 2 is 1.85 bits per heavy atom. The van der Waals surface area contributed by atoms with Crippen LogP contribution in [0.25, 0.3) is 11.0 Å². The van der Waals surface area contributed by atoms with Gasteiger partial charge in [-0.05, 0) is 49.1 Å². The highest BCUT2D eigenvalue weighted by molar-refractivity contribution is 5.79. The first-order valence-corrected chi connectivity index (χ1v) is 11.1. The Hall–Kier alpha value is -3.62. The Labute approximate surface area is 191 Å². The van der Waals surface area contributed by atoms with E-state index in [0.717, 1.165) is 35.8 Å². The summed E-state index contributed by atoms with van der Waals surface area (Å²) in [6.07, 6.45) is 6.02. The first kappa shape index (κ1) is 22.6. The maximum Gasteiger partial charge on any atom is 0.332 e. The van der Waals surface area contributed by atoms with E-state index in [1.165, 1.54) is 10.8 Å². The van der Waals surface area contributed by atoms with Crippen LogP contribution in [-0.2, 0) is 24.3 Å². The zero-order valence-electron chi connectivity index (χ0n) is 18.9. The summed E-state index contributed by atoms with van der Waals surface area (Å²) in [6.45, 7) is -0.0158. The Kier molecular flexibility index (Phi) is 6.76. The first-order chi connectivity index (χ1) is 16.0. The molecule has 0 aliphatic heterocycles. The number of hydrogen-bond acceptors (Lipinski definition) is 6. The van der Waals surface area contributed by atoms with E-state index in [2.05, 4.69) is 10.3 Å². The fourth-order valence-corrected chi connectivity index (χ4v) is 4.36. The third-order valence-corrected chi connectivity index (χ3v) is 6.08. The minimum Gasteiger partial charge on any atom is -0.493 e. The van der Waals surface area contributed by atoms with Gasteiger partial charge in [-0.25, -0.2) is 9.78 Å². The zero-order chi connectivity index (χ0) is 23.4. The van der Waals surface area contributed by atoms with E-state index < -0.39 is 11.2 Å². The Balaban J connectivity index is 1.65. The molecule has 0 atom stereocenters. The predicted molar refractivity (Wildman–Crippen MR) is 124 cm³/mol. The van der Waals surface area contributed by atoms with Crippen molar-refractivity contribution in [1.82, 2.24) is 19.4 Å². The molecule has 1 aliphatic carbocycles. The molecule has 4 rings (SSSR count). The summed E-state index contributed by atoms with van der Waals surface area (Å²) < 4.78 is 13.1. The van der Waals surface area contributed by atoms with Gasteiger partial charge >= 0.3 is 5.69 Å². The highest BCUT2D eigenvalue weighted by Crippen LogP contribution is 2.27. The van der Waals surface area contributed by atoms with Gasteiger partial charge in [0.05, 0.1) is 19.7 Å². The van der Waals surface area contributed by atoms with Gasteiger partial charge in [0.1, 0.15) is 6.54 Å². The third-order valence-electron chi connectivity index (χ3n) is 6.08. The highest BCUT2D eigenvalue weighted by Gasteiger charge is 2.20. The SMILES string of the molecule is COc1ccc(CCn2c(=O)c3ncccc3n(CC(=O)NC3CCCC3)c2=O)cc1OC. The number of hydrogen-bond donors (Lipinski definition) is 1. The zero-order valence-corrected chi connectivity index (χ0v) is 18.9. The predicted octanol–water partition coefficient (Wildman–Crippen LogP) is 1.88. The highest BCUT2D eigenvalue weighted by atomic mass is 16.5. The van der Waals surface area contributed by atoms with Gasteiger partial charge in [-0.3, -0.25) is 18.7 Å². The van der Waals surface area contributed by atoms with E-state index >= 15 is 0 Å². The van der Waals surface area contributed by atoms with Gasteiger partial charge in [0, 0.05) is 18.8 Å². The van der Waals surface area contributed by atoms with Crippen LogP contribution in [-0.4, -0.2) is 40.3 Å². The average Bonchev–Trinajstić information content (AvgIpc) is 3.34. The second-order valence-electron chi connectivity index (χ2n) is 8.18. The molecule has 1 saturated carbocycles. The number of pyridine rings is 1. The largest absolute Gasteiger partial charge is 0.493 e. The molecule has 3 aromatic rings. The first-order valence-electron chi connectivity index (χ1n) is 11.1. The normalized spacial score (nSPS) is 13.9. The fraction of sp³-hybridized carbons (Fsp3) is 0.417. The number of aryl methyl sites for hydroxylation is 1. The molecule has 0 radical (unpaired) electrons. The molecule has 0 bridgehead atoms. The van der Waals surface area contributed by atoms with Crippen molar-refractivity contribution in [3.63, 3.8) is 0 Å². The number of aromatic nitrogens is 3. The topological polar surface area (TPSA) is 104 Å². The average molecular weight is 453 g/mol. The van der Waals surface area contributed by atoms with Crippen LogP contribution in [0.15, 0.2) is 46.1 Å². The molecule has 9 heteroatoms. The lowest BCUT2D eigenvalue weighted by atomic mass is 10.1. The molecule has 174 valence electrons. The second kappa shape index (κ2) is 9.89. The second-order valence-corrected chi connectivity index (χ2v) is 8.18. The van der Waals surface area contributed by atoms with E-state index in [-0.39, 0.29) is 30.6 Å². The molecule has 33 heavy (non-hydrogen) atoms. The lowest BCUT2D eigenvalue weighted by molar-refractivity contribution is -0.122. The van der Waals surface area contributed by atoms with Crippen molar-refractivity contribution in [2.75, 3.05) is 14.2 Å². The summed E-state index contributed by atoms with van der Waals surface area (Å²) in [4.78, 5) is 43.2. The van der Waals surface area contributed by atoms with E-state index in [1.807, 2.05) is 12.1 Å². The quantitative estimate of drug-likeness (QED) is 0.560. The molecule has 0 spiro atoms. The summed E-state index contributed by atoms with van der Waals surface area (Å²) in [6, 6.07) is 8.90. The molecule has 0 unspecified atom stereocenters. The number of amides is 1. The van der Waals surface area contributed by atoms with Crippen molar-refractivity contribution < 1.29 is 14.3 Å². The van der Waals surface area contributed by atoms with Crippen LogP contribution >= 0.6 is 0 Å². The van der Waals surface area contributed by atoms with Crippen LogP contribution in [0, 0.1) is 0 Å². The summed E-state index contributed by atoms with van der Waals surface area (Å²) in [5.41, 5.74) is 0.409. The van der Waals surface area contributed by atoms with Gasteiger partial charge in [0.15, 0.2) is 17.0 Å². The monoisotopic (exact) mass is 452 g/mol. The van der Waals surface area contributed by atoms with E-state index in [4.69, 9.17) is 9.47 Å². The van der Waals surface area contributed by atoms with Crippen LogP contribution in [0.2, 0.25) is 0 Å². The number of methoxy groups -OCH3 is 2. The van der Waals surface area contributed by atoms with E-state index in [1.54, 1.807) is 32.4 Å². The van der Waals surface area contributed by atoms with E-state index in [9.17, 15) is 14.4 Å². The molecule has 2 aromatic heterocycles. The number of carbonyl (C=O) groups excluding carboxylic acids is 1. The summed E-state index contributed by atoms with van der Waals surface area (Å²) in [5, 5.41) is 3.00. The molecule has 1 fully saturated rings. The van der Waals surface area contributed by atoms with Gasteiger partial charge in [0.25, 0.3) is 5.56 Å². The molecule has 2 heterocycles. The molecule has 1 N–H and O–H groups in total. The van der Waals surface area contributed by atoms with Crippen LogP contribution < -0.4 is 26.0 Å². The fourth-order valence-electron chi connectivity index (χ4n) is 4.36. The van der Waals surface area contributed by atoms with Gasteiger partial charge < -0.3 is 14.8 Å². The van der Waals surface area contributed by atoms with Crippen molar-refractivity contribution in [3.8, 4) is 11.5 Å². The molecule has 1 aromatic carbocycles. The number of fused-ring (bicyclic) bond motifs is 1. The van der Waals surface area contributed by atoms with Crippen molar-refractivity contribution in [1.29, 1.82) is 0 Å². The van der Waals surface area contributed by atoms with Crippen molar-refractivity contribution in [3.05, 3.63) is 62.9 Å². The van der Waals surface area contributed by atoms with Crippen LogP contribution in [0.4, 0.5) is 0 Å². The number of nitrogens with one attached hydrogen (secondary N) is 1. The smallest absolute Gasteiger partial charge is 0.332 e. The van der Waals surface area contributed by atoms with Crippen LogP contribution in [0.3, 0.4) is 0 Å². The molecular formula is C24H28N4O5. The maximum atomic E-state index is 13.3. The molecular weight excluding hydrogens is 424 g/mol. The van der Waals surface area contributed by atoms with Crippen LogP contribution in [0.1, 0.15) is 31.2 Å². The van der Waals surface area contributed by atoms with Gasteiger partial charge in [0.2, 0.25) is 5.91 Å². The lowest BCUT2D eigenvalue weighted by Gasteiger charge is -2.16. The summed E-state index contributed by atoms with van der Waals surface area (Å²) in [7, 11) is 3.11. The van der Waals surface area contributed by atoms with Crippen molar-refractivity contribution >= 4 is 16.9 Å². The summed E-state index contributed by atoms with van der Waals surface area (Å²) >= 11 is 0. The van der Waals surface area contributed by atoms with Gasteiger partial charge in [-0.2, -0.15) is 0 Å². The molecule has 1 aliphatic rings. The van der Waals surface area contributed by atoms with Crippen LogP contribution in [0.5, 0.6) is 11.5 Å². The number of benzene rings is 1. The Morgan fingerprint density at radius 1 is 1.09 bits per heavy atom. The number of rotatable bonds is 8. The maximum absolute atomic E-state index is 13.3. The van der Waals surface area contributed by atoms with E-state index in [0.29, 0.717) is 23.4 Å². The molecule has 1 amide bonds. The standard InChI is InChI=1S/C24H28N4O5/c1-32-19-10-9-16(14-20(19)33-2)11-13-27-23(30)22-18(8-5-12-25-22)28(24(27)31)15-21(29)26-17-6-3-4-7-17/h5,8-10,12,14,17H,3-4,6-7,11,13,15H2,1-2H3,(H,26,29). The lowest BCUT2D eigenvalue weighted by Crippen LogP contribution is -2.44. The third kappa shape index (κ3) is 4.76. The Bertz CT molecular complexity index is 1270. The molecule has 9 nitrogen and oxygen atoms in total. The minimum absolute atomic E-state index is 0.143. The van der Waals surface area contributed by atoms with Crippen molar-refractivity contribution in [2.24, 2.45) is 0 Å². The Morgan fingerprint density at radius 3 is 2.58 bits per heavy atom. The number of ether oxygens (including phenoxy) is 2. The van der Waals surface area contributed by atoms with Gasteiger partial charge in [-0.15, -0.1) is 0 Å². The number of nitrogens with zero attached hydrogens (tertiary/aromatic N) is 3. The minimum atomic E-state index is -0.525. The van der Waals surface area contributed by atoms with Crippen molar-refractivity contribution in [2.45, 2.75) is 51.2 Å². The van der Waals surface area contributed by atoms with Gasteiger partial charge in [-0.1, -0.05) is 18.9 Å². The number of carbonyl (C=O) groups is 1. The summed E-state index contributed by atoms with van der Waals surface area (Å²) in [5.74, 6) is 0.937. The molecule has 0 saturated heterocycles.